The lowest BCUT2D eigenvalue weighted by molar-refractivity contribution is 0.0827. The number of aryl methyl sites for hydroxylation is 2. The van der Waals surface area contributed by atoms with Crippen LogP contribution >= 0.6 is 0 Å². The highest BCUT2D eigenvalue weighted by Gasteiger charge is 2.35. The van der Waals surface area contributed by atoms with Crippen molar-refractivity contribution in [2.24, 2.45) is 0 Å². The second-order valence-electron chi connectivity index (χ2n) is 8.64. The summed E-state index contributed by atoms with van der Waals surface area (Å²) < 4.78 is 14.3. The number of hydrogen-bond acceptors (Lipinski definition) is 3. The number of amides is 1. The fraction of sp³-hybridized carbons (Fsp3) is 0.458. The Labute approximate surface area is 173 Å². The van der Waals surface area contributed by atoms with E-state index in [1.807, 2.05) is 26.0 Å². The van der Waals surface area contributed by atoms with Crippen LogP contribution < -0.4 is 0 Å². The highest BCUT2D eigenvalue weighted by atomic mass is 19.1. The van der Waals surface area contributed by atoms with Crippen molar-refractivity contribution in [2.75, 3.05) is 41.3 Å². The van der Waals surface area contributed by atoms with Crippen LogP contribution in [0.5, 0.6) is 0 Å². The van der Waals surface area contributed by atoms with E-state index in [2.05, 4.69) is 36.0 Å². The number of nitrogens with zero attached hydrogens (tertiary/aromatic N) is 3. The van der Waals surface area contributed by atoms with Crippen LogP contribution in [0.2, 0.25) is 0 Å². The van der Waals surface area contributed by atoms with E-state index in [-0.39, 0.29) is 11.7 Å². The SMILES string of the molecule is Cc1cc([C@H]2CN(Cc3c(C)cccc3F)C[C@@H]2N(C)C)ccc1C(=O)N(C)C. The molecule has 0 saturated carbocycles. The van der Waals surface area contributed by atoms with E-state index >= 15 is 0 Å². The van der Waals surface area contributed by atoms with Gasteiger partial charge in [0, 0.05) is 56.8 Å². The number of likely N-dealkylation sites (tertiary alicyclic amines) is 1. The highest BCUT2D eigenvalue weighted by molar-refractivity contribution is 5.95. The lowest BCUT2D eigenvalue weighted by Gasteiger charge is -2.26. The predicted molar refractivity (Wildman–Crippen MR) is 116 cm³/mol. The summed E-state index contributed by atoms with van der Waals surface area (Å²) in [5, 5.41) is 0. The van der Waals surface area contributed by atoms with Crippen molar-refractivity contribution in [1.29, 1.82) is 0 Å². The molecule has 1 heterocycles. The van der Waals surface area contributed by atoms with Crippen molar-refractivity contribution in [2.45, 2.75) is 32.4 Å². The van der Waals surface area contributed by atoms with Crippen LogP contribution in [-0.2, 0) is 6.54 Å². The molecular formula is C24H32FN3O. The van der Waals surface area contributed by atoms with Gasteiger partial charge in [-0.2, -0.15) is 0 Å². The molecule has 4 nitrogen and oxygen atoms in total. The molecule has 1 aliphatic rings. The zero-order valence-corrected chi connectivity index (χ0v) is 18.4. The van der Waals surface area contributed by atoms with E-state index in [1.165, 1.54) is 5.56 Å². The Balaban J connectivity index is 1.85. The Bertz CT molecular complexity index is 873. The third-order valence-electron chi connectivity index (χ3n) is 6.08. The molecule has 0 spiro atoms. The summed E-state index contributed by atoms with van der Waals surface area (Å²) >= 11 is 0. The van der Waals surface area contributed by atoms with Crippen molar-refractivity contribution in [1.82, 2.24) is 14.7 Å². The topological polar surface area (TPSA) is 26.8 Å². The Morgan fingerprint density at radius 3 is 2.38 bits per heavy atom. The summed E-state index contributed by atoms with van der Waals surface area (Å²) in [6, 6.07) is 11.8. The first-order valence-corrected chi connectivity index (χ1v) is 10.1. The maximum Gasteiger partial charge on any atom is 0.253 e. The van der Waals surface area contributed by atoms with Gasteiger partial charge in [0.05, 0.1) is 0 Å². The van der Waals surface area contributed by atoms with E-state index < -0.39 is 0 Å². The van der Waals surface area contributed by atoms with Crippen LogP contribution in [0.4, 0.5) is 4.39 Å². The predicted octanol–water partition coefficient (Wildman–Crippen LogP) is 3.67. The molecule has 0 unspecified atom stereocenters. The maximum atomic E-state index is 14.3. The third kappa shape index (κ3) is 4.51. The van der Waals surface area contributed by atoms with Crippen molar-refractivity contribution in [3.05, 3.63) is 70.0 Å². The molecule has 2 aromatic carbocycles. The fourth-order valence-corrected chi connectivity index (χ4v) is 4.33. The smallest absolute Gasteiger partial charge is 0.253 e. The number of halogens is 1. The van der Waals surface area contributed by atoms with Gasteiger partial charge in [-0.05, 0) is 56.8 Å². The van der Waals surface area contributed by atoms with Crippen molar-refractivity contribution < 1.29 is 9.18 Å². The first-order valence-electron chi connectivity index (χ1n) is 10.1. The highest BCUT2D eigenvalue weighted by Crippen LogP contribution is 2.33. The molecule has 0 aromatic heterocycles. The van der Waals surface area contributed by atoms with Gasteiger partial charge in [0.15, 0.2) is 0 Å². The van der Waals surface area contributed by atoms with Crippen LogP contribution in [-0.4, -0.2) is 67.9 Å². The second kappa shape index (κ2) is 8.64. The molecule has 1 aliphatic heterocycles. The summed E-state index contributed by atoms with van der Waals surface area (Å²) in [7, 11) is 7.76. The molecule has 1 saturated heterocycles. The van der Waals surface area contributed by atoms with Gasteiger partial charge in [-0.25, -0.2) is 4.39 Å². The van der Waals surface area contributed by atoms with Gasteiger partial charge in [-0.15, -0.1) is 0 Å². The number of hydrogen-bond donors (Lipinski definition) is 0. The molecule has 0 N–H and O–H groups in total. The quantitative estimate of drug-likeness (QED) is 0.770. The molecule has 0 bridgehead atoms. The first kappa shape index (κ1) is 21.5. The van der Waals surface area contributed by atoms with Crippen molar-refractivity contribution in [3.63, 3.8) is 0 Å². The number of benzene rings is 2. The Hall–Kier alpha value is -2.24. The number of likely N-dealkylation sites (N-methyl/N-ethyl adjacent to an activating group) is 1. The summed E-state index contributed by atoms with van der Waals surface area (Å²) in [6.07, 6.45) is 0. The number of rotatable bonds is 5. The molecule has 1 amide bonds. The van der Waals surface area contributed by atoms with E-state index in [9.17, 15) is 9.18 Å². The Kier molecular flexibility index (Phi) is 6.39. The first-order chi connectivity index (χ1) is 13.7. The molecule has 0 aliphatic carbocycles. The van der Waals surface area contributed by atoms with E-state index in [0.717, 1.165) is 35.3 Å². The van der Waals surface area contributed by atoms with Gasteiger partial charge >= 0.3 is 0 Å². The zero-order chi connectivity index (χ0) is 21.3. The maximum absolute atomic E-state index is 14.3. The Morgan fingerprint density at radius 2 is 1.79 bits per heavy atom. The second-order valence-corrected chi connectivity index (χ2v) is 8.64. The van der Waals surface area contributed by atoms with Crippen molar-refractivity contribution >= 4 is 5.91 Å². The van der Waals surface area contributed by atoms with Gasteiger partial charge in [-0.1, -0.05) is 24.3 Å². The van der Waals surface area contributed by atoms with E-state index in [4.69, 9.17) is 0 Å². The molecule has 5 heteroatoms. The molecule has 0 radical (unpaired) electrons. The van der Waals surface area contributed by atoms with E-state index in [0.29, 0.717) is 18.5 Å². The molecule has 3 rings (SSSR count). The summed E-state index contributed by atoms with van der Waals surface area (Å²) in [5.74, 6) is 0.220. The van der Waals surface area contributed by atoms with Gasteiger partial charge in [0.2, 0.25) is 0 Å². The summed E-state index contributed by atoms with van der Waals surface area (Å²) in [6.45, 7) is 6.36. The average molecular weight is 398 g/mol. The van der Waals surface area contributed by atoms with Crippen LogP contribution in [0.15, 0.2) is 36.4 Å². The Morgan fingerprint density at radius 1 is 1.07 bits per heavy atom. The molecule has 2 atom stereocenters. The largest absolute Gasteiger partial charge is 0.345 e. The monoisotopic (exact) mass is 397 g/mol. The van der Waals surface area contributed by atoms with Gasteiger partial charge in [0.25, 0.3) is 5.91 Å². The molecule has 156 valence electrons. The minimum atomic E-state index is -0.128. The average Bonchev–Trinajstić information content (AvgIpc) is 3.08. The standard InChI is InChI=1S/C24H32FN3O/c1-16-8-7-9-22(25)20(16)13-28-14-21(23(15-28)26(3)4)18-10-11-19(17(2)12-18)24(29)27(5)6/h7-12,21,23H,13-15H2,1-6H3/t21-,23+/m1/s1. The lowest BCUT2D eigenvalue weighted by Crippen LogP contribution is -2.34. The minimum absolute atomic E-state index is 0.0290. The van der Waals surface area contributed by atoms with E-state index in [1.54, 1.807) is 31.1 Å². The summed E-state index contributed by atoms with van der Waals surface area (Å²) in [5.41, 5.74) is 4.77. The minimum Gasteiger partial charge on any atom is -0.345 e. The molecular weight excluding hydrogens is 365 g/mol. The molecule has 29 heavy (non-hydrogen) atoms. The summed E-state index contributed by atoms with van der Waals surface area (Å²) in [4.78, 5) is 18.6. The number of carbonyl (C=O) groups is 1. The fourth-order valence-electron chi connectivity index (χ4n) is 4.33. The lowest BCUT2D eigenvalue weighted by atomic mass is 9.91. The van der Waals surface area contributed by atoms with Gasteiger partial charge in [0.1, 0.15) is 5.82 Å². The van der Waals surface area contributed by atoms with Crippen LogP contribution in [0.25, 0.3) is 0 Å². The molecule has 1 fully saturated rings. The van der Waals surface area contributed by atoms with Crippen molar-refractivity contribution in [3.8, 4) is 0 Å². The molecule has 2 aromatic rings. The van der Waals surface area contributed by atoms with Crippen LogP contribution in [0.3, 0.4) is 0 Å². The normalized spacial score (nSPS) is 19.7. The zero-order valence-electron chi connectivity index (χ0n) is 18.4. The third-order valence-corrected chi connectivity index (χ3v) is 6.08. The van der Waals surface area contributed by atoms with Crippen LogP contribution in [0, 0.1) is 19.7 Å². The van der Waals surface area contributed by atoms with Gasteiger partial charge < -0.3 is 9.80 Å². The van der Waals surface area contributed by atoms with Crippen LogP contribution in [0.1, 0.15) is 38.5 Å². The van der Waals surface area contributed by atoms with Gasteiger partial charge in [-0.3, -0.25) is 9.69 Å². The number of carbonyl (C=O) groups excluding carboxylic acids is 1.